The van der Waals surface area contributed by atoms with Crippen LogP contribution in [0.1, 0.15) is 36.7 Å². The summed E-state index contributed by atoms with van der Waals surface area (Å²) < 4.78 is 0. The molecule has 0 saturated carbocycles. The number of ketones is 1. The lowest BCUT2D eigenvalue weighted by atomic mass is 9.96. The van der Waals surface area contributed by atoms with Crippen LogP contribution < -0.4 is 0 Å². The zero-order chi connectivity index (χ0) is 13.9. The first-order chi connectivity index (χ1) is 8.20. The number of carbonyl (C=O) groups is 1. The normalized spacial score (nSPS) is 11.9. The number of nitrogens with zero attached hydrogens (tertiary/aromatic N) is 1. The summed E-state index contributed by atoms with van der Waals surface area (Å²) in [5.41, 5.74) is 1.78. The number of hydrogen-bond donors (Lipinski definition) is 0. The first-order valence-electron chi connectivity index (χ1n) is 6.17. The maximum Gasteiger partial charge on any atom is 0.178 e. The van der Waals surface area contributed by atoms with E-state index in [2.05, 4.69) is 20.8 Å². The van der Waals surface area contributed by atoms with Gasteiger partial charge in [0.1, 0.15) is 0 Å². The van der Waals surface area contributed by atoms with Gasteiger partial charge in [0, 0.05) is 12.1 Å². The van der Waals surface area contributed by atoms with Crippen molar-refractivity contribution in [3.8, 4) is 0 Å². The quantitative estimate of drug-likeness (QED) is 0.773. The highest BCUT2D eigenvalue weighted by Crippen LogP contribution is 2.21. The molecule has 0 saturated heterocycles. The van der Waals surface area contributed by atoms with Crippen molar-refractivity contribution in [3.05, 3.63) is 34.3 Å². The fourth-order valence-corrected chi connectivity index (χ4v) is 2.50. The molecule has 0 spiro atoms. The Morgan fingerprint density at radius 3 is 2.44 bits per heavy atom. The van der Waals surface area contributed by atoms with Gasteiger partial charge >= 0.3 is 0 Å². The molecule has 1 aromatic rings. The van der Waals surface area contributed by atoms with Crippen molar-refractivity contribution in [3.63, 3.8) is 0 Å². The van der Waals surface area contributed by atoms with Crippen LogP contribution in [0.15, 0.2) is 18.2 Å². The molecule has 0 aromatic heterocycles. The lowest BCUT2D eigenvalue weighted by Crippen LogP contribution is -2.33. The SMILES string of the molecule is Cc1cccc(Cl)c1C(=O)CN(C)CC(C)(C)C. The zero-order valence-corrected chi connectivity index (χ0v) is 12.6. The first kappa shape index (κ1) is 15.2. The molecule has 2 nitrogen and oxygen atoms in total. The number of likely N-dealkylation sites (N-methyl/N-ethyl adjacent to an activating group) is 1. The predicted octanol–water partition coefficient (Wildman–Crippen LogP) is 3.81. The molecule has 1 aromatic carbocycles. The monoisotopic (exact) mass is 267 g/mol. The molecule has 0 bridgehead atoms. The predicted molar refractivity (Wildman–Crippen MR) is 77.5 cm³/mol. The lowest BCUT2D eigenvalue weighted by Gasteiger charge is -2.26. The fraction of sp³-hybridized carbons (Fsp3) is 0.533. The van der Waals surface area contributed by atoms with Gasteiger partial charge in [0.05, 0.1) is 11.6 Å². The minimum atomic E-state index is 0.0878. The van der Waals surface area contributed by atoms with Gasteiger partial charge in [-0.05, 0) is 31.0 Å². The Balaban J connectivity index is 2.77. The topological polar surface area (TPSA) is 20.3 Å². The van der Waals surface area contributed by atoms with Crippen LogP contribution >= 0.6 is 11.6 Å². The van der Waals surface area contributed by atoms with E-state index in [1.165, 1.54) is 0 Å². The van der Waals surface area contributed by atoms with Crippen LogP contribution in [0.3, 0.4) is 0 Å². The third kappa shape index (κ3) is 4.43. The van der Waals surface area contributed by atoms with Crippen LogP contribution in [0.4, 0.5) is 0 Å². The van der Waals surface area contributed by atoms with Crippen molar-refractivity contribution in [2.24, 2.45) is 5.41 Å². The highest BCUT2D eigenvalue weighted by molar-refractivity contribution is 6.34. The minimum absolute atomic E-state index is 0.0878. The van der Waals surface area contributed by atoms with Gasteiger partial charge in [-0.2, -0.15) is 0 Å². The molecule has 0 aliphatic rings. The molecule has 0 aliphatic heterocycles. The third-order valence-electron chi connectivity index (χ3n) is 2.66. The van der Waals surface area contributed by atoms with Gasteiger partial charge in [-0.15, -0.1) is 0 Å². The molecule has 0 N–H and O–H groups in total. The van der Waals surface area contributed by atoms with Crippen molar-refractivity contribution in [2.45, 2.75) is 27.7 Å². The molecule has 3 heteroatoms. The van der Waals surface area contributed by atoms with E-state index in [0.717, 1.165) is 12.1 Å². The van der Waals surface area contributed by atoms with E-state index < -0.39 is 0 Å². The largest absolute Gasteiger partial charge is 0.298 e. The standard InChI is InChI=1S/C15H22ClNO/c1-11-7-6-8-12(16)14(11)13(18)9-17(5)10-15(2,3)4/h6-8H,9-10H2,1-5H3. The van der Waals surface area contributed by atoms with Crippen LogP contribution in [-0.2, 0) is 0 Å². The summed E-state index contributed by atoms with van der Waals surface area (Å²) in [6, 6.07) is 5.56. The average molecular weight is 268 g/mol. The van der Waals surface area contributed by atoms with Crippen molar-refractivity contribution in [1.82, 2.24) is 4.90 Å². The molecule has 0 amide bonds. The highest BCUT2D eigenvalue weighted by Gasteiger charge is 2.18. The van der Waals surface area contributed by atoms with E-state index in [9.17, 15) is 4.79 Å². The van der Waals surface area contributed by atoms with E-state index >= 15 is 0 Å². The summed E-state index contributed by atoms with van der Waals surface area (Å²) in [6.07, 6.45) is 0. The number of hydrogen-bond acceptors (Lipinski definition) is 2. The molecule has 0 atom stereocenters. The number of Topliss-reactive ketones (excluding diaryl/α,β-unsaturated/α-hetero) is 1. The lowest BCUT2D eigenvalue weighted by molar-refractivity contribution is 0.0926. The molecule has 0 aliphatic carbocycles. The van der Waals surface area contributed by atoms with Gasteiger partial charge in [-0.25, -0.2) is 0 Å². The second-order valence-electron chi connectivity index (χ2n) is 6.09. The highest BCUT2D eigenvalue weighted by atomic mass is 35.5. The van der Waals surface area contributed by atoms with Crippen LogP contribution in [0.5, 0.6) is 0 Å². The Labute approximate surface area is 115 Å². The molecular formula is C15H22ClNO. The summed E-state index contributed by atoms with van der Waals surface area (Å²) in [5.74, 6) is 0.0878. The maximum absolute atomic E-state index is 12.3. The van der Waals surface area contributed by atoms with Gasteiger partial charge in [-0.1, -0.05) is 44.5 Å². The molecular weight excluding hydrogens is 246 g/mol. The van der Waals surface area contributed by atoms with Crippen molar-refractivity contribution < 1.29 is 4.79 Å². The van der Waals surface area contributed by atoms with Crippen LogP contribution in [0.2, 0.25) is 5.02 Å². The second kappa shape index (κ2) is 5.85. The van der Waals surface area contributed by atoms with Gasteiger partial charge in [0.15, 0.2) is 5.78 Å². The smallest absolute Gasteiger partial charge is 0.178 e. The molecule has 100 valence electrons. The second-order valence-corrected chi connectivity index (χ2v) is 6.50. The van der Waals surface area contributed by atoms with Gasteiger partial charge in [0.2, 0.25) is 0 Å². The first-order valence-corrected chi connectivity index (χ1v) is 6.55. The third-order valence-corrected chi connectivity index (χ3v) is 2.97. The maximum atomic E-state index is 12.3. The van der Waals surface area contributed by atoms with E-state index in [1.807, 2.05) is 31.0 Å². The van der Waals surface area contributed by atoms with Crippen LogP contribution in [0.25, 0.3) is 0 Å². The number of halogens is 1. The summed E-state index contributed by atoms with van der Waals surface area (Å²) in [5, 5.41) is 0.546. The van der Waals surface area contributed by atoms with Crippen molar-refractivity contribution in [1.29, 1.82) is 0 Å². The molecule has 1 rings (SSSR count). The van der Waals surface area contributed by atoms with E-state index in [-0.39, 0.29) is 11.2 Å². The summed E-state index contributed by atoms with van der Waals surface area (Å²) in [4.78, 5) is 14.3. The summed E-state index contributed by atoms with van der Waals surface area (Å²) in [6.45, 7) is 9.69. The Bertz CT molecular complexity index is 414. The molecule has 18 heavy (non-hydrogen) atoms. The van der Waals surface area contributed by atoms with E-state index in [0.29, 0.717) is 17.1 Å². The van der Waals surface area contributed by atoms with E-state index in [1.54, 1.807) is 6.07 Å². The number of benzene rings is 1. The Morgan fingerprint density at radius 1 is 1.33 bits per heavy atom. The molecule has 0 heterocycles. The van der Waals surface area contributed by atoms with Gasteiger partial charge < -0.3 is 0 Å². The minimum Gasteiger partial charge on any atom is -0.298 e. The number of carbonyl (C=O) groups excluding carboxylic acids is 1. The summed E-state index contributed by atoms with van der Waals surface area (Å²) in [7, 11) is 1.97. The van der Waals surface area contributed by atoms with Crippen molar-refractivity contribution in [2.75, 3.05) is 20.1 Å². The van der Waals surface area contributed by atoms with Gasteiger partial charge in [0.25, 0.3) is 0 Å². The molecule has 0 radical (unpaired) electrons. The Morgan fingerprint density at radius 2 is 1.94 bits per heavy atom. The fourth-order valence-electron chi connectivity index (χ4n) is 2.17. The average Bonchev–Trinajstić information content (AvgIpc) is 2.13. The van der Waals surface area contributed by atoms with Crippen LogP contribution in [0, 0.1) is 12.3 Å². The van der Waals surface area contributed by atoms with Gasteiger partial charge in [-0.3, -0.25) is 9.69 Å². The number of aryl methyl sites for hydroxylation is 1. The van der Waals surface area contributed by atoms with Crippen LogP contribution in [-0.4, -0.2) is 30.8 Å². The molecule has 0 unspecified atom stereocenters. The zero-order valence-electron chi connectivity index (χ0n) is 11.9. The Hall–Kier alpha value is -0.860. The summed E-state index contributed by atoms with van der Waals surface area (Å²) >= 11 is 6.10. The molecule has 0 fully saturated rings. The Kier molecular flexibility index (Phi) is 4.94. The van der Waals surface area contributed by atoms with E-state index in [4.69, 9.17) is 11.6 Å². The number of rotatable bonds is 4. The van der Waals surface area contributed by atoms with Crippen molar-refractivity contribution >= 4 is 17.4 Å².